The van der Waals surface area contributed by atoms with Crippen molar-refractivity contribution in [2.45, 2.75) is 19.3 Å². The number of rotatable bonds is 4. The fourth-order valence-electron chi connectivity index (χ4n) is 6.70. The lowest BCUT2D eigenvalue weighted by molar-refractivity contribution is 0.660. The molecule has 2 heteroatoms. The van der Waals surface area contributed by atoms with Crippen molar-refractivity contribution in [1.29, 1.82) is 0 Å². The number of hydrogen-bond acceptors (Lipinski definition) is 2. The summed E-state index contributed by atoms with van der Waals surface area (Å²) in [6.45, 7) is 4.72. The Balaban J connectivity index is 1.39. The van der Waals surface area contributed by atoms with Gasteiger partial charge < -0.3 is 4.90 Å². The van der Waals surface area contributed by atoms with Crippen LogP contribution in [0.2, 0.25) is 0 Å². The van der Waals surface area contributed by atoms with Gasteiger partial charge in [0.25, 0.3) is 0 Å². The molecule has 8 rings (SSSR count). The van der Waals surface area contributed by atoms with E-state index >= 15 is 0 Å². The minimum absolute atomic E-state index is 0.0724. The van der Waals surface area contributed by atoms with Crippen molar-refractivity contribution in [1.82, 2.24) is 0 Å². The van der Waals surface area contributed by atoms with Gasteiger partial charge in [0.1, 0.15) is 0 Å². The van der Waals surface area contributed by atoms with Gasteiger partial charge in [0.05, 0.1) is 10.4 Å². The van der Waals surface area contributed by atoms with E-state index < -0.39 is 0 Å². The highest BCUT2D eigenvalue weighted by Gasteiger charge is 2.37. The predicted molar refractivity (Wildman–Crippen MR) is 177 cm³/mol. The third-order valence-electron chi connectivity index (χ3n) is 8.67. The van der Waals surface area contributed by atoms with Crippen LogP contribution >= 0.6 is 11.3 Å². The summed E-state index contributed by atoms with van der Waals surface area (Å²) in [5.74, 6) is 0. The second-order valence-electron chi connectivity index (χ2n) is 11.4. The minimum Gasteiger partial charge on any atom is -0.309 e. The summed E-state index contributed by atoms with van der Waals surface area (Å²) in [4.78, 5) is 2.44. The van der Waals surface area contributed by atoms with Crippen LogP contribution in [0, 0.1) is 0 Å². The molecule has 0 N–H and O–H groups in total. The number of nitrogens with zero attached hydrogens (tertiary/aromatic N) is 1. The highest BCUT2D eigenvalue weighted by atomic mass is 32.1. The first-order chi connectivity index (χ1) is 20.1. The van der Waals surface area contributed by atoms with E-state index in [1.54, 1.807) is 0 Å². The van der Waals surface area contributed by atoms with E-state index in [9.17, 15) is 0 Å². The van der Waals surface area contributed by atoms with E-state index in [1.807, 2.05) is 11.3 Å². The molecule has 7 aromatic rings. The number of fused-ring (bicyclic) bond motifs is 6. The Morgan fingerprint density at radius 1 is 0.537 bits per heavy atom. The summed E-state index contributed by atoms with van der Waals surface area (Å²) in [6.07, 6.45) is 0. The quantitative estimate of drug-likeness (QED) is 0.213. The van der Waals surface area contributed by atoms with Crippen LogP contribution in [0.3, 0.4) is 0 Å². The monoisotopic (exact) mass is 543 g/mol. The molecule has 196 valence electrons. The standard InChI is InChI=1S/C39H29NS/c1-39(2)33-24-23-28(25-32(33)37-29(18-11-20-34(37)39)26-13-5-3-6-14-26)40(27-15-7-4-8-16-27)35-21-12-19-31-30-17-9-10-22-36(30)41-38(31)35/h3-25H,1-2H3. The van der Waals surface area contributed by atoms with Crippen LogP contribution in [-0.4, -0.2) is 0 Å². The molecule has 0 amide bonds. The molecule has 0 bridgehead atoms. The molecular formula is C39H29NS. The lowest BCUT2D eigenvalue weighted by atomic mass is 9.82. The van der Waals surface area contributed by atoms with Gasteiger partial charge in [0.15, 0.2) is 0 Å². The van der Waals surface area contributed by atoms with Crippen molar-refractivity contribution in [3.8, 4) is 22.3 Å². The van der Waals surface area contributed by atoms with Crippen LogP contribution in [0.15, 0.2) is 140 Å². The van der Waals surface area contributed by atoms with Crippen LogP contribution in [-0.2, 0) is 5.41 Å². The maximum absolute atomic E-state index is 2.44. The van der Waals surface area contributed by atoms with Gasteiger partial charge >= 0.3 is 0 Å². The maximum atomic E-state index is 2.44. The van der Waals surface area contributed by atoms with E-state index in [4.69, 9.17) is 0 Å². The Bertz CT molecular complexity index is 2070. The van der Waals surface area contributed by atoms with Gasteiger partial charge in [-0.25, -0.2) is 0 Å². The number of hydrogen-bond donors (Lipinski definition) is 0. The fourth-order valence-corrected chi connectivity index (χ4v) is 7.91. The molecule has 0 radical (unpaired) electrons. The Morgan fingerprint density at radius 2 is 1.24 bits per heavy atom. The molecule has 0 atom stereocenters. The van der Waals surface area contributed by atoms with Gasteiger partial charge in [-0.3, -0.25) is 0 Å². The summed E-state index contributed by atoms with van der Waals surface area (Å²) in [7, 11) is 0. The highest BCUT2D eigenvalue weighted by Crippen LogP contribution is 2.54. The molecule has 1 aliphatic rings. The molecule has 0 saturated heterocycles. The fraction of sp³-hybridized carbons (Fsp3) is 0.0769. The molecular weight excluding hydrogens is 515 g/mol. The summed E-state index contributed by atoms with van der Waals surface area (Å²) in [6, 6.07) is 51.0. The zero-order valence-corrected chi connectivity index (χ0v) is 24.0. The molecule has 1 aliphatic carbocycles. The zero-order valence-electron chi connectivity index (χ0n) is 23.1. The maximum Gasteiger partial charge on any atom is 0.0640 e. The highest BCUT2D eigenvalue weighted by molar-refractivity contribution is 7.26. The summed E-state index contributed by atoms with van der Waals surface area (Å²) in [5, 5.41) is 2.63. The topological polar surface area (TPSA) is 3.24 Å². The smallest absolute Gasteiger partial charge is 0.0640 e. The first-order valence-corrected chi connectivity index (χ1v) is 15.0. The van der Waals surface area contributed by atoms with Crippen LogP contribution in [0.5, 0.6) is 0 Å². The van der Waals surface area contributed by atoms with Gasteiger partial charge in [-0.1, -0.05) is 117 Å². The van der Waals surface area contributed by atoms with Gasteiger partial charge in [-0.05, 0) is 69.8 Å². The van der Waals surface area contributed by atoms with Crippen LogP contribution in [0.4, 0.5) is 17.1 Å². The van der Waals surface area contributed by atoms with Gasteiger partial charge in [0.2, 0.25) is 0 Å². The third-order valence-corrected chi connectivity index (χ3v) is 9.87. The van der Waals surface area contributed by atoms with Crippen molar-refractivity contribution in [2.75, 3.05) is 4.90 Å². The van der Waals surface area contributed by atoms with E-state index in [0.29, 0.717) is 0 Å². The number of benzene rings is 6. The first-order valence-electron chi connectivity index (χ1n) is 14.2. The molecule has 0 unspecified atom stereocenters. The van der Waals surface area contributed by atoms with Crippen molar-refractivity contribution < 1.29 is 0 Å². The normalized spacial score (nSPS) is 13.3. The van der Waals surface area contributed by atoms with E-state index in [1.165, 1.54) is 64.9 Å². The Labute approximate surface area is 245 Å². The molecule has 0 aliphatic heterocycles. The predicted octanol–water partition coefficient (Wildman–Crippen LogP) is 11.5. The van der Waals surface area contributed by atoms with Crippen molar-refractivity contribution in [3.63, 3.8) is 0 Å². The average Bonchev–Trinajstić information content (AvgIpc) is 3.51. The molecule has 1 nitrogen and oxygen atoms in total. The lowest BCUT2D eigenvalue weighted by Crippen LogP contribution is -2.15. The summed E-state index contributed by atoms with van der Waals surface area (Å²) >= 11 is 1.88. The van der Waals surface area contributed by atoms with Crippen molar-refractivity contribution >= 4 is 48.6 Å². The third kappa shape index (κ3) is 3.68. The summed E-state index contributed by atoms with van der Waals surface area (Å²) in [5.41, 5.74) is 11.5. The van der Waals surface area contributed by atoms with Gasteiger partial charge in [0, 0.05) is 32.3 Å². The molecule has 6 aromatic carbocycles. The second kappa shape index (κ2) is 9.19. The average molecular weight is 544 g/mol. The number of thiophene rings is 1. The molecule has 0 fully saturated rings. The molecule has 0 spiro atoms. The largest absolute Gasteiger partial charge is 0.309 e. The number of para-hydroxylation sites is 1. The summed E-state index contributed by atoms with van der Waals surface area (Å²) < 4.78 is 2.63. The minimum atomic E-state index is -0.0724. The van der Waals surface area contributed by atoms with E-state index in [-0.39, 0.29) is 5.41 Å². The molecule has 1 heterocycles. The van der Waals surface area contributed by atoms with Crippen LogP contribution in [0.25, 0.3) is 42.4 Å². The molecule has 0 saturated carbocycles. The SMILES string of the molecule is CC1(C)c2ccc(N(c3ccccc3)c3cccc4c3sc3ccccc34)cc2-c2c(-c3ccccc3)cccc21. The second-order valence-corrected chi connectivity index (χ2v) is 12.4. The van der Waals surface area contributed by atoms with Gasteiger partial charge in [-0.2, -0.15) is 0 Å². The molecule has 41 heavy (non-hydrogen) atoms. The van der Waals surface area contributed by atoms with Crippen molar-refractivity contribution in [3.05, 3.63) is 151 Å². The zero-order chi connectivity index (χ0) is 27.6. The Kier molecular flexibility index (Phi) is 5.42. The van der Waals surface area contributed by atoms with Crippen molar-refractivity contribution in [2.24, 2.45) is 0 Å². The lowest BCUT2D eigenvalue weighted by Gasteiger charge is -2.27. The first kappa shape index (κ1) is 24.2. The van der Waals surface area contributed by atoms with E-state index in [2.05, 4.69) is 158 Å². The van der Waals surface area contributed by atoms with Gasteiger partial charge in [-0.15, -0.1) is 11.3 Å². The number of anilines is 3. The van der Waals surface area contributed by atoms with Crippen LogP contribution < -0.4 is 4.90 Å². The Morgan fingerprint density at radius 3 is 2.07 bits per heavy atom. The van der Waals surface area contributed by atoms with Crippen LogP contribution in [0.1, 0.15) is 25.0 Å². The van der Waals surface area contributed by atoms with E-state index in [0.717, 1.165) is 5.69 Å². The Hall–Kier alpha value is -4.66. The molecule has 1 aromatic heterocycles.